The first-order chi connectivity index (χ1) is 20.8. The van der Waals surface area contributed by atoms with Crippen LogP contribution in [0.5, 0.6) is 0 Å². The Bertz CT molecular complexity index is 1280. The number of aromatic nitrogens is 1. The van der Waals surface area contributed by atoms with Crippen LogP contribution in [-0.2, 0) is 30.4 Å². The molecule has 5 atom stereocenters. The number of carbonyl (C=O) groups is 5. The van der Waals surface area contributed by atoms with E-state index in [-0.39, 0.29) is 38.3 Å². The summed E-state index contributed by atoms with van der Waals surface area (Å²) in [5.41, 5.74) is -1.91. The molecular formula is C30H40FN5O8. The van der Waals surface area contributed by atoms with E-state index >= 15 is 0 Å². The van der Waals surface area contributed by atoms with Gasteiger partial charge in [0.05, 0.1) is 25.0 Å². The lowest BCUT2D eigenvalue weighted by atomic mass is 10.0. The van der Waals surface area contributed by atoms with E-state index in [1.165, 1.54) is 17.0 Å². The van der Waals surface area contributed by atoms with Gasteiger partial charge >= 0.3 is 18.2 Å². The van der Waals surface area contributed by atoms with Crippen LogP contribution < -0.4 is 16.0 Å². The summed E-state index contributed by atoms with van der Waals surface area (Å²) < 4.78 is 24.0. The van der Waals surface area contributed by atoms with Crippen molar-refractivity contribution >= 4 is 30.0 Å². The van der Waals surface area contributed by atoms with Crippen LogP contribution in [-0.4, -0.2) is 80.8 Å². The number of halogens is 1. The van der Waals surface area contributed by atoms with Gasteiger partial charge < -0.3 is 35.4 Å². The number of fused-ring (bicyclic) bond motifs is 2. The minimum absolute atomic E-state index is 0.0453. The largest absolute Gasteiger partial charge is 0.479 e. The molecule has 2 fully saturated rings. The van der Waals surface area contributed by atoms with Gasteiger partial charge in [-0.1, -0.05) is 25.0 Å². The minimum atomic E-state index is -1.49. The molecule has 3 aliphatic rings. The molecule has 1 saturated carbocycles. The van der Waals surface area contributed by atoms with Crippen LogP contribution in [0.3, 0.4) is 0 Å². The summed E-state index contributed by atoms with van der Waals surface area (Å²) in [6, 6.07) is 0.420. The molecule has 4 rings (SSSR count). The van der Waals surface area contributed by atoms with Gasteiger partial charge in [0.15, 0.2) is 0 Å². The maximum atomic E-state index is 13.9. The molecule has 0 spiro atoms. The van der Waals surface area contributed by atoms with Crippen molar-refractivity contribution in [2.24, 2.45) is 5.92 Å². The molecule has 1 aliphatic carbocycles. The van der Waals surface area contributed by atoms with Crippen molar-refractivity contribution in [3.63, 3.8) is 0 Å². The molecule has 1 unspecified atom stereocenters. The smallest absolute Gasteiger partial charge is 0.408 e. The van der Waals surface area contributed by atoms with E-state index in [4.69, 9.17) is 9.47 Å². The Morgan fingerprint density at radius 3 is 2.64 bits per heavy atom. The first kappa shape index (κ1) is 32.7. The molecule has 4 N–H and O–H groups in total. The number of rotatable bonds is 5. The fourth-order valence-corrected chi connectivity index (χ4v) is 5.46. The predicted octanol–water partition coefficient (Wildman–Crippen LogP) is 2.79. The molecule has 2 aliphatic heterocycles. The first-order valence-electron chi connectivity index (χ1n) is 14.8. The molecule has 14 heteroatoms. The van der Waals surface area contributed by atoms with Gasteiger partial charge in [-0.25, -0.2) is 18.8 Å². The van der Waals surface area contributed by atoms with Gasteiger partial charge in [0.25, 0.3) is 0 Å². The number of nitrogens with zero attached hydrogens (tertiary/aromatic N) is 2. The number of carboxylic acid groups (broad SMARTS) is 1. The zero-order valence-corrected chi connectivity index (χ0v) is 25.1. The molecule has 1 aromatic rings. The van der Waals surface area contributed by atoms with E-state index in [0.717, 1.165) is 19.0 Å². The van der Waals surface area contributed by atoms with E-state index < -0.39 is 65.1 Å². The summed E-state index contributed by atoms with van der Waals surface area (Å²) in [6.45, 7) is 4.89. The number of aliphatic carboxylic acids is 1. The molecule has 13 nitrogen and oxygen atoms in total. The third-order valence-electron chi connectivity index (χ3n) is 7.79. The van der Waals surface area contributed by atoms with Crippen molar-refractivity contribution < 1.29 is 42.9 Å². The average molecular weight is 618 g/mol. The Labute approximate surface area is 254 Å². The van der Waals surface area contributed by atoms with Gasteiger partial charge in [0.1, 0.15) is 35.1 Å². The van der Waals surface area contributed by atoms with Crippen molar-refractivity contribution in [3.05, 3.63) is 42.0 Å². The highest BCUT2D eigenvalue weighted by atomic mass is 19.1. The molecule has 4 amide bonds. The zero-order valence-electron chi connectivity index (χ0n) is 25.1. The Kier molecular flexibility index (Phi) is 10.1. The highest BCUT2D eigenvalue weighted by Gasteiger charge is 2.61. The molecule has 3 heterocycles. The van der Waals surface area contributed by atoms with Crippen LogP contribution in [0.2, 0.25) is 0 Å². The number of nitrogens with one attached hydrogen (secondary N) is 3. The fraction of sp³-hybridized carbons (Fsp3) is 0.600. The maximum absolute atomic E-state index is 13.9. The van der Waals surface area contributed by atoms with Gasteiger partial charge in [-0.2, -0.15) is 0 Å². The summed E-state index contributed by atoms with van der Waals surface area (Å²) in [6.07, 6.45) is 5.49. The summed E-state index contributed by atoms with van der Waals surface area (Å²) >= 11 is 0. The van der Waals surface area contributed by atoms with Gasteiger partial charge in [-0.05, 0) is 58.6 Å². The highest BCUT2D eigenvalue weighted by Crippen LogP contribution is 2.45. The molecule has 0 radical (unpaired) electrons. The van der Waals surface area contributed by atoms with Crippen molar-refractivity contribution in [3.8, 4) is 0 Å². The van der Waals surface area contributed by atoms with E-state index in [9.17, 15) is 33.5 Å². The molecule has 240 valence electrons. The van der Waals surface area contributed by atoms with Gasteiger partial charge in [-0.15, -0.1) is 0 Å². The number of amides is 4. The standard InChI is InChI=1S/C30H40FN5O8/c1-29(2,3)44-28(42)34-22-10-8-6-4-5-7-9-18-14-30(18,26(39)40)35-24(37)23-13-21(17-36(23)25(22)38)43-27(41)33-16-20-12-11-19(31)15-32-20/h7,9,11-12,15,18,21-23H,4-6,8,10,13-14,16-17H2,1-3H3,(H,33,41)(H,34,42)(H,35,37)(H,39,40)/b9-7-/t18-,21-,22+,23?,30-/m1/s1. The van der Waals surface area contributed by atoms with Crippen LogP contribution >= 0.6 is 0 Å². The molecular weight excluding hydrogens is 577 g/mol. The molecule has 0 aromatic carbocycles. The van der Waals surface area contributed by atoms with Crippen LogP contribution in [0.4, 0.5) is 14.0 Å². The molecule has 1 aromatic heterocycles. The van der Waals surface area contributed by atoms with Crippen molar-refractivity contribution in [2.75, 3.05) is 6.54 Å². The van der Waals surface area contributed by atoms with Gasteiger partial charge in [0.2, 0.25) is 11.8 Å². The Hall–Kier alpha value is -4.23. The lowest BCUT2D eigenvalue weighted by Gasteiger charge is -2.30. The number of alkyl carbamates (subject to hydrolysis) is 2. The van der Waals surface area contributed by atoms with Crippen LogP contribution in [0.15, 0.2) is 30.5 Å². The second-order valence-electron chi connectivity index (χ2n) is 12.4. The van der Waals surface area contributed by atoms with Gasteiger partial charge in [-0.3, -0.25) is 14.6 Å². The minimum Gasteiger partial charge on any atom is -0.479 e. The lowest BCUT2D eigenvalue weighted by molar-refractivity contribution is -0.145. The average Bonchev–Trinajstić information content (AvgIpc) is 3.48. The number of pyridine rings is 1. The quantitative estimate of drug-likeness (QED) is 0.362. The normalized spacial score (nSPS) is 28.2. The Morgan fingerprint density at radius 1 is 1.18 bits per heavy atom. The highest BCUT2D eigenvalue weighted by molar-refractivity contribution is 5.96. The number of allylic oxidation sites excluding steroid dienone is 1. The number of ether oxygens (including phenoxy) is 2. The van der Waals surface area contributed by atoms with Crippen LogP contribution in [0.1, 0.15) is 71.4 Å². The Balaban J connectivity index is 1.53. The number of hydrogen-bond acceptors (Lipinski definition) is 8. The summed E-state index contributed by atoms with van der Waals surface area (Å²) in [5, 5.41) is 17.8. The summed E-state index contributed by atoms with van der Waals surface area (Å²) in [5.74, 6) is -3.34. The monoisotopic (exact) mass is 617 g/mol. The van der Waals surface area contributed by atoms with Crippen LogP contribution in [0, 0.1) is 11.7 Å². The van der Waals surface area contributed by atoms with Crippen molar-refractivity contribution in [1.29, 1.82) is 0 Å². The van der Waals surface area contributed by atoms with Crippen molar-refractivity contribution in [2.45, 2.75) is 102 Å². The van der Waals surface area contributed by atoms with Crippen molar-refractivity contribution in [1.82, 2.24) is 25.8 Å². The van der Waals surface area contributed by atoms with Gasteiger partial charge in [0, 0.05) is 12.3 Å². The molecule has 0 bridgehead atoms. The lowest BCUT2D eigenvalue weighted by Crippen LogP contribution is -2.56. The van der Waals surface area contributed by atoms with E-state index in [1.807, 2.05) is 12.2 Å². The fourth-order valence-electron chi connectivity index (χ4n) is 5.46. The zero-order chi connectivity index (χ0) is 32.1. The van der Waals surface area contributed by atoms with E-state index in [2.05, 4.69) is 20.9 Å². The third-order valence-corrected chi connectivity index (χ3v) is 7.79. The summed E-state index contributed by atoms with van der Waals surface area (Å²) in [4.78, 5) is 70.2. The summed E-state index contributed by atoms with van der Waals surface area (Å²) in [7, 11) is 0. The van der Waals surface area contributed by atoms with E-state index in [1.54, 1.807) is 20.8 Å². The third kappa shape index (κ3) is 8.44. The number of carbonyl (C=O) groups excluding carboxylic acids is 4. The number of carboxylic acids is 1. The Morgan fingerprint density at radius 2 is 1.95 bits per heavy atom. The molecule has 44 heavy (non-hydrogen) atoms. The second-order valence-corrected chi connectivity index (χ2v) is 12.4. The number of hydrogen-bond donors (Lipinski definition) is 4. The second kappa shape index (κ2) is 13.6. The SMILES string of the molecule is CC(C)(C)OC(=O)N[C@H]1CCCCC/C=C\[C@@H]2C[C@@]2(C(=O)O)NC(=O)C2C[C@@H](OC(=O)NCc3ccc(F)cn3)CN2C1=O. The maximum Gasteiger partial charge on any atom is 0.408 e. The van der Waals surface area contributed by atoms with E-state index in [0.29, 0.717) is 18.5 Å². The first-order valence-corrected chi connectivity index (χ1v) is 14.8. The molecule has 1 saturated heterocycles. The topological polar surface area (TPSA) is 176 Å². The predicted molar refractivity (Wildman–Crippen MR) is 153 cm³/mol. The van der Waals surface area contributed by atoms with Crippen LogP contribution in [0.25, 0.3) is 0 Å².